The Hall–Kier alpha value is -2.28. The summed E-state index contributed by atoms with van der Waals surface area (Å²) in [6.07, 6.45) is -8.39. The Kier molecular flexibility index (Phi) is 5.32. The molecule has 1 fully saturated rings. The first-order valence-corrected chi connectivity index (χ1v) is 8.58. The molecule has 0 aliphatic heterocycles. The minimum atomic E-state index is -4.87. The van der Waals surface area contributed by atoms with Crippen LogP contribution in [0.3, 0.4) is 0 Å². The summed E-state index contributed by atoms with van der Waals surface area (Å²) in [6, 6.07) is 11.0. The van der Waals surface area contributed by atoms with Crippen molar-refractivity contribution in [1.29, 1.82) is 0 Å². The lowest BCUT2D eigenvalue weighted by atomic mass is 9.62. The molecule has 1 nitrogen and oxygen atoms in total. The van der Waals surface area contributed by atoms with Crippen LogP contribution in [-0.2, 0) is 29.1 Å². The van der Waals surface area contributed by atoms with Gasteiger partial charge in [-0.1, -0.05) is 42.5 Å². The van der Waals surface area contributed by atoms with E-state index in [0.717, 1.165) is 11.1 Å². The van der Waals surface area contributed by atoms with Gasteiger partial charge in [0.15, 0.2) is 0 Å². The van der Waals surface area contributed by atoms with Gasteiger partial charge in [0.1, 0.15) is 0 Å². The first-order chi connectivity index (χ1) is 13.0. The number of benzene rings is 2. The molecule has 0 aromatic heterocycles. The Balaban J connectivity index is 1.78. The van der Waals surface area contributed by atoms with Gasteiger partial charge < -0.3 is 4.74 Å². The Morgan fingerprint density at radius 1 is 0.857 bits per heavy atom. The molecule has 1 aliphatic carbocycles. The fourth-order valence-corrected chi connectivity index (χ4v) is 3.55. The fraction of sp³-hybridized carbons (Fsp3) is 0.333. The highest BCUT2D eigenvalue weighted by atomic mass is 19.4. The molecule has 1 saturated carbocycles. The summed E-state index contributed by atoms with van der Waals surface area (Å²) in [6.45, 7) is 3.77. The van der Waals surface area contributed by atoms with Gasteiger partial charge in [-0.3, -0.25) is 0 Å². The monoisotopic (exact) mass is 400 g/mol. The van der Waals surface area contributed by atoms with Crippen molar-refractivity contribution in [3.05, 3.63) is 82.9 Å². The number of alkyl halides is 6. The van der Waals surface area contributed by atoms with Crippen molar-refractivity contribution in [3.8, 4) is 0 Å². The molecular formula is C21H18F6O. The Bertz CT molecular complexity index is 811. The van der Waals surface area contributed by atoms with Gasteiger partial charge in [-0.15, -0.1) is 0 Å². The molecule has 150 valence electrons. The van der Waals surface area contributed by atoms with E-state index < -0.39 is 23.5 Å². The van der Waals surface area contributed by atoms with Gasteiger partial charge in [0, 0.05) is 5.41 Å². The molecule has 2 aromatic rings. The van der Waals surface area contributed by atoms with Crippen LogP contribution in [0.1, 0.15) is 35.1 Å². The second kappa shape index (κ2) is 7.28. The van der Waals surface area contributed by atoms with E-state index in [1.54, 1.807) is 0 Å². The molecule has 0 N–H and O–H groups in total. The lowest BCUT2D eigenvalue weighted by molar-refractivity contribution is -0.143. The van der Waals surface area contributed by atoms with E-state index in [4.69, 9.17) is 4.74 Å². The van der Waals surface area contributed by atoms with Crippen LogP contribution in [0.2, 0.25) is 0 Å². The van der Waals surface area contributed by atoms with Gasteiger partial charge in [-0.05, 0) is 42.2 Å². The molecule has 28 heavy (non-hydrogen) atoms. The summed E-state index contributed by atoms with van der Waals surface area (Å²) >= 11 is 0. The highest BCUT2D eigenvalue weighted by Crippen LogP contribution is 2.47. The minimum absolute atomic E-state index is 0.116. The smallest absolute Gasteiger partial charge is 0.376 e. The van der Waals surface area contributed by atoms with Crippen molar-refractivity contribution >= 4 is 0 Å². The van der Waals surface area contributed by atoms with Crippen LogP contribution in [0.25, 0.3) is 0 Å². The number of rotatable bonds is 5. The van der Waals surface area contributed by atoms with Gasteiger partial charge >= 0.3 is 12.4 Å². The van der Waals surface area contributed by atoms with E-state index in [0.29, 0.717) is 25.0 Å². The highest BCUT2D eigenvalue weighted by molar-refractivity contribution is 5.36. The second-order valence-electron chi connectivity index (χ2n) is 7.16. The molecule has 0 atom stereocenters. The molecule has 0 spiro atoms. The van der Waals surface area contributed by atoms with E-state index in [-0.39, 0.29) is 30.3 Å². The van der Waals surface area contributed by atoms with Gasteiger partial charge in [-0.25, -0.2) is 0 Å². The Morgan fingerprint density at radius 3 is 1.86 bits per heavy atom. The number of hydrogen-bond donors (Lipinski definition) is 0. The standard InChI is InChI=1S/C21H18F6O/c1-14-10-19(11-14,16-5-3-2-4-6-16)13-28-12-15-7-17(20(22,23)24)9-18(8-15)21(25,26)27/h2-9H,1,10-13H2. The SMILES string of the molecule is C=C1CC(COCc2cc(C(F)(F)F)cc(C(F)(F)F)c2)(c2ccccc2)C1. The van der Waals surface area contributed by atoms with E-state index in [1.807, 2.05) is 30.3 Å². The summed E-state index contributed by atoms with van der Waals surface area (Å²) < 4.78 is 83.3. The maximum atomic E-state index is 13.0. The van der Waals surface area contributed by atoms with Crippen LogP contribution in [0.5, 0.6) is 0 Å². The molecule has 7 heteroatoms. The van der Waals surface area contributed by atoms with Gasteiger partial charge in [0.25, 0.3) is 0 Å². The number of allylic oxidation sites excluding steroid dienone is 1. The molecule has 0 heterocycles. The maximum Gasteiger partial charge on any atom is 0.416 e. The van der Waals surface area contributed by atoms with E-state index in [1.165, 1.54) is 0 Å². The maximum absolute atomic E-state index is 13.0. The summed E-state index contributed by atoms with van der Waals surface area (Å²) in [7, 11) is 0. The largest absolute Gasteiger partial charge is 0.416 e. The lowest BCUT2D eigenvalue weighted by Gasteiger charge is -2.44. The second-order valence-corrected chi connectivity index (χ2v) is 7.16. The minimum Gasteiger partial charge on any atom is -0.376 e. The lowest BCUT2D eigenvalue weighted by Crippen LogP contribution is -2.40. The molecule has 0 saturated heterocycles. The third-order valence-electron chi connectivity index (χ3n) is 4.86. The van der Waals surface area contributed by atoms with E-state index in [9.17, 15) is 26.3 Å². The van der Waals surface area contributed by atoms with E-state index >= 15 is 0 Å². The van der Waals surface area contributed by atoms with Crippen molar-refractivity contribution in [2.24, 2.45) is 0 Å². The summed E-state index contributed by atoms with van der Waals surface area (Å²) in [4.78, 5) is 0. The summed E-state index contributed by atoms with van der Waals surface area (Å²) in [5, 5.41) is 0. The predicted octanol–water partition coefficient (Wildman–Crippen LogP) is 6.53. The zero-order valence-electron chi connectivity index (χ0n) is 14.8. The normalized spacial score (nSPS) is 16.7. The van der Waals surface area contributed by atoms with E-state index in [2.05, 4.69) is 6.58 Å². The topological polar surface area (TPSA) is 9.23 Å². The molecule has 0 radical (unpaired) electrons. The first-order valence-electron chi connectivity index (χ1n) is 8.58. The van der Waals surface area contributed by atoms with Crippen LogP contribution in [-0.4, -0.2) is 6.61 Å². The average molecular weight is 400 g/mol. The van der Waals surface area contributed by atoms with Crippen LogP contribution >= 0.6 is 0 Å². The fourth-order valence-electron chi connectivity index (χ4n) is 3.55. The first kappa shape index (κ1) is 20.5. The highest BCUT2D eigenvalue weighted by Gasteiger charge is 2.41. The zero-order chi connectivity index (χ0) is 20.6. The van der Waals surface area contributed by atoms with Gasteiger partial charge in [0.2, 0.25) is 0 Å². The molecule has 1 aliphatic rings. The van der Waals surface area contributed by atoms with Crippen LogP contribution in [0.15, 0.2) is 60.7 Å². The third kappa shape index (κ3) is 4.41. The molecule has 0 bridgehead atoms. The summed E-state index contributed by atoms with van der Waals surface area (Å²) in [5.74, 6) is 0. The third-order valence-corrected chi connectivity index (χ3v) is 4.86. The van der Waals surface area contributed by atoms with Crippen LogP contribution in [0, 0.1) is 0 Å². The molecule has 0 amide bonds. The van der Waals surface area contributed by atoms with Gasteiger partial charge in [-0.2, -0.15) is 26.3 Å². The predicted molar refractivity (Wildman–Crippen MR) is 92.6 cm³/mol. The number of ether oxygens (including phenoxy) is 1. The van der Waals surface area contributed by atoms with Crippen molar-refractivity contribution in [3.63, 3.8) is 0 Å². The average Bonchev–Trinajstić information content (AvgIpc) is 2.59. The molecule has 3 rings (SSSR count). The van der Waals surface area contributed by atoms with Crippen molar-refractivity contribution in [1.82, 2.24) is 0 Å². The summed E-state index contributed by atoms with van der Waals surface area (Å²) in [5.41, 5.74) is -1.13. The molecular weight excluding hydrogens is 382 g/mol. The Labute approximate surface area is 158 Å². The molecule has 2 aromatic carbocycles. The van der Waals surface area contributed by atoms with Crippen LogP contribution in [0.4, 0.5) is 26.3 Å². The van der Waals surface area contributed by atoms with Crippen molar-refractivity contribution in [2.45, 2.75) is 37.2 Å². The Morgan fingerprint density at radius 2 is 1.39 bits per heavy atom. The van der Waals surface area contributed by atoms with Crippen molar-refractivity contribution < 1.29 is 31.1 Å². The van der Waals surface area contributed by atoms with Crippen molar-refractivity contribution in [2.75, 3.05) is 6.61 Å². The molecule has 0 unspecified atom stereocenters. The number of halogens is 6. The number of hydrogen-bond acceptors (Lipinski definition) is 1. The quantitative estimate of drug-likeness (QED) is 0.410. The van der Waals surface area contributed by atoms with Gasteiger partial charge in [0.05, 0.1) is 24.3 Å². The van der Waals surface area contributed by atoms with Crippen LogP contribution < -0.4 is 0 Å². The zero-order valence-corrected chi connectivity index (χ0v) is 14.8.